The molecule has 29 heavy (non-hydrogen) atoms. The van der Waals surface area contributed by atoms with Crippen LogP contribution in [0.1, 0.15) is 33.3 Å². The first-order chi connectivity index (χ1) is 13.6. The number of rotatable bonds is 7. The highest BCUT2D eigenvalue weighted by atomic mass is 35.5. The topological polar surface area (TPSA) is 58.6 Å². The fraction of sp³-hybridized carbons (Fsp3) is 0.364. The van der Waals surface area contributed by atoms with E-state index in [0.29, 0.717) is 16.3 Å². The number of nitrogens with one attached hydrogen (secondary N) is 1. The number of nitrogens with zero attached hydrogens (tertiary/aromatic N) is 1. The Morgan fingerprint density at radius 3 is 2.48 bits per heavy atom. The fourth-order valence-corrected chi connectivity index (χ4v) is 2.83. The highest BCUT2D eigenvalue weighted by molar-refractivity contribution is 6.30. The molecule has 7 heteroatoms. The minimum absolute atomic E-state index is 0.0524. The lowest BCUT2D eigenvalue weighted by Crippen LogP contribution is -2.53. The molecule has 1 atom stereocenters. The zero-order chi connectivity index (χ0) is 21.6. The summed E-state index contributed by atoms with van der Waals surface area (Å²) >= 11 is 5.93. The number of benzene rings is 2. The molecule has 0 aliphatic carbocycles. The van der Waals surface area contributed by atoms with Gasteiger partial charge in [0.15, 0.2) is 6.61 Å². The van der Waals surface area contributed by atoms with E-state index in [2.05, 4.69) is 5.32 Å². The second-order valence-electron chi connectivity index (χ2n) is 7.77. The number of hydrogen-bond donors (Lipinski definition) is 1. The van der Waals surface area contributed by atoms with Crippen molar-refractivity contribution >= 4 is 23.4 Å². The van der Waals surface area contributed by atoms with Crippen LogP contribution in [0.25, 0.3) is 0 Å². The second kappa shape index (κ2) is 9.74. The van der Waals surface area contributed by atoms with E-state index >= 15 is 0 Å². The van der Waals surface area contributed by atoms with E-state index < -0.39 is 23.3 Å². The lowest BCUT2D eigenvalue weighted by atomic mass is 10.1. The van der Waals surface area contributed by atoms with Crippen molar-refractivity contribution in [3.63, 3.8) is 0 Å². The van der Waals surface area contributed by atoms with Crippen molar-refractivity contribution in [1.29, 1.82) is 0 Å². The summed E-state index contributed by atoms with van der Waals surface area (Å²) in [5.41, 5.74) is -0.144. The van der Waals surface area contributed by atoms with Crippen molar-refractivity contribution < 1.29 is 18.7 Å². The van der Waals surface area contributed by atoms with Crippen LogP contribution in [-0.2, 0) is 16.1 Å². The van der Waals surface area contributed by atoms with Crippen LogP contribution in [0.3, 0.4) is 0 Å². The summed E-state index contributed by atoms with van der Waals surface area (Å²) in [6.07, 6.45) is 0. The zero-order valence-corrected chi connectivity index (χ0v) is 17.8. The first kappa shape index (κ1) is 22.7. The number of carbonyl (C=O) groups is 2. The molecular formula is C22H26ClFN2O3. The third kappa shape index (κ3) is 7.06. The van der Waals surface area contributed by atoms with E-state index in [4.69, 9.17) is 16.3 Å². The summed E-state index contributed by atoms with van der Waals surface area (Å²) in [5, 5.41) is 3.33. The quantitative estimate of drug-likeness (QED) is 0.730. The Hall–Kier alpha value is -2.60. The molecule has 0 bridgehead atoms. The Morgan fingerprint density at radius 2 is 1.86 bits per heavy atom. The van der Waals surface area contributed by atoms with Gasteiger partial charge in [-0.15, -0.1) is 0 Å². The summed E-state index contributed by atoms with van der Waals surface area (Å²) in [5.74, 6) is -0.775. The van der Waals surface area contributed by atoms with Crippen LogP contribution >= 0.6 is 11.6 Å². The van der Waals surface area contributed by atoms with Gasteiger partial charge in [-0.05, 0) is 52.0 Å². The second-order valence-corrected chi connectivity index (χ2v) is 8.21. The minimum Gasteiger partial charge on any atom is -0.484 e. The number of halogens is 2. The van der Waals surface area contributed by atoms with Gasteiger partial charge < -0.3 is 15.0 Å². The van der Waals surface area contributed by atoms with E-state index in [9.17, 15) is 14.0 Å². The molecule has 1 N–H and O–H groups in total. The van der Waals surface area contributed by atoms with Gasteiger partial charge >= 0.3 is 0 Å². The molecule has 2 amide bonds. The molecule has 0 aliphatic heterocycles. The Labute approximate surface area is 175 Å². The van der Waals surface area contributed by atoms with Gasteiger partial charge in [-0.25, -0.2) is 4.39 Å². The van der Waals surface area contributed by atoms with Gasteiger partial charge in [0.1, 0.15) is 17.6 Å². The van der Waals surface area contributed by atoms with E-state index in [1.807, 2.05) is 20.8 Å². The average molecular weight is 421 g/mol. The molecule has 0 radical (unpaired) electrons. The maximum absolute atomic E-state index is 14.2. The van der Waals surface area contributed by atoms with E-state index in [1.165, 1.54) is 11.0 Å². The minimum atomic E-state index is -0.815. The summed E-state index contributed by atoms with van der Waals surface area (Å²) in [7, 11) is 0. The smallest absolute Gasteiger partial charge is 0.261 e. The van der Waals surface area contributed by atoms with Crippen molar-refractivity contribution in [3.8, 4) is 5.75 Å². The van der Waals surface area contributed by atoms with Crippen molar-refractivity contribution in [2.75, 3.05) is 6.61 Å². The standard InChI is InChI=1S/C22H26ClFN2O3/c1-15(21(28)25-22(2,3)4)26(13-16-8-5-6-11-19(16)24)20(27)14-29-18-10-7-9-17(23)12-18/h5-12,15H,13-14H2,1-4H3,(H,25,28). The van der Waals surface area contributed by atoms with E-state index in [1.54, 1.807) is 49.4 Å². The Morgan fingerprint density at radius 1 is 1.17 bits per heavy atom. The van der Waals surface area contributed by atoms with Gasteiger partial charge in [0.05, 0.1) is 0 Å². The Kier molecular flexibility index (Phi) is 7.62. The number of carbonyl (C=O) groups excluding carboxylic acids is 2. The number of hydrogen-bond acceptors (Lipinski definition) is 3. The lowest BCUT2D eigenvalue weighted by molar-refractivity contribution is -0.142. The lowest BCUT2D eigenvalue weighted by Gasteiger charge is -2.31. The van der Waals surface area contributed by atoms with Gasteiger partial charge in [-0.2, -0.15) is 0 Å². The maximum atomic E-state index is 14.2. The molecule has 0 aromatic heterocycles. The summed E-state index contributed by atoms with van der Waals surface area (Å²) in [6.45, 7) is 6.80. The summed E-state index contributed by atoms with van der Waals surface area (Å²) in [6, 6.07) is 12.0. The largest absolute Gasteiger partial charge is 0.484 e. The molecule has 0 spiro atoms. The van der Waals surface area contributed by atoms with Gasteiger partial charge in [0, 0.05) is 22.7 Å². The van der Waals surface area contributed by atoms with Crippen LogP contribution in [0, 0.1) is 5.82 Å². The van der Waals surface area contributed by atoms with Crippen LogP contribution in [0.5, 0.6) is 5.75 Å². The Balaban J connectivity index is 2.19. The van der Waals surface area contributed by atoms with Crippen LogP contribution in [0.4, 0.5) is 4.39 Å². The van der Waals surface area contributed by atoms with Crippen LogP contribution in [-0.4, -0.2) is 34.9 Å². The van der Waals surface area contributed by atoms with Crippen molar-refractivity contribution in [3.05, 3.63) is 64.9 Å². The summed E-state index contributed by atoms with van der Waals surface area (Å²) < 4.78 is 19.7. The molecule has 2 rings (SSSR count). The average Bonchev–Trinajstić information content (AvgIpc) is 2.63. The normalized spacial score (nSPS) is 12.2. The molecule has 0 aliphatic rings. The molecule has 2 aromatic carbocycles. The Bertz CT molecular complexity index is 867. The molecule has 5 nitrogen and oxygen atoms in total. The highest BCUT2D eigenvalue weighted by Crippen LogP contribution is 2.18. The molecule has 2 aromatic rings. The van der Waals surface area contributed by atoms with Crippen LogP contribution < -0.4 is 10.1 Å². The van der Waals surface area contributed by atoms with E-state index in [0.717, 1.165) is 0 Å². The van der Waals surface area contributed by atoms with Gasteiger partial charge in [0.2, 0.25) is 5.91 Å². The van der Waals surface area contributed by atoms with Crippen LogP contribution in [0.15, 0.2) is 48.5 Å². The molecule has 156 valence electrons. The van der Waals surface area contributed by atoms with Crippen molar-refractivity contribution in [1.82, 2.24) is 10.2 Å². The summed E-state index contributed by atoms with van der Waals surface area (Å²) in [4.78, 5) is 26.8. The molecule has 0 saturated heterocycles. The van der Waals surface area contributed by atoms with Gasteiger partial charge in [-0.1, -0.05) is 35.9 Å². The van der Waals surface area contributed by atoms with Crippen LogP contribution in [0.2, 0.25) is 5.02 Å². The molecule has 1 unspecified atom stereocenters. The third-order valence-electron chi connectivity index (χ3n) is 4.12. The molecule has 0 heterocycles. The molecule has 0 fully saturated rings. The first-order valence-electron chi connectivity index (χ1n) is 9.30. The van der Waals surface area contributed by atoms with Gasteiger partial charge in [0.25, 0.3) is 5.91 Å². The predicted molar refractivity (Wildman–Crippen MR) is 111 cm³/mol. The number of ether oxygens (including phenoxy) is 1. The zero-order valence-electron chi connectivity index (χ0n) is 17.0. The SMILES string of the molecule is CC(C(=O)NC(C)(C)C)N(Cc1ccccc1F)C(=O)COc1cccc(Cl)c1. The van der Waals surface area contributed by atoms with E-state index in [-0.39, 0.29) is 19.1 Å². The fourth-order valence-electron chi connectivity index (χ4n) is 2.65. The number of amides is 2. The third-order valence-corrected chi connectivity index (χ3v) is 4.36. The van der Waals surface area contributed by atoms with Gasteiger partial charge in [-0.3, -0.25) is 9.59 Å². The molecule has 0 saturated carbocycles. The monoisotopic (exact) mass is 420 g/mol. The highest BCUT2D eigenvalue weighted by Gasteiger charge is 2.29. The maximum Gasteiger partial charge on any atom is 0.261 e. The molecular weight excluding hydrogens is 395 g/mol. The van der Waals surface area contributed by atoms with Crippen molar-refractivity contribution in [2.45, 2.75) is 45.8 Å². The first-order valence-corrected chi connectivity index (χ1v) is 9.68. The van der Waals surface area contributed by atoms with Crippen molar-refractivity contribution in [2.24, 2.45) is 0 Å². The predicted octanol–water partition coefficient (Wildman–Crippen LogP) is 4.19.